The van der Waals surface area contributed by atoms with Crippen LogP contribution in [0, 0.1) is 0 Å². The van der Waals surface area contributed by atoms with E-state index in [1.54, 1.807) is 0 Å². The molecule has 1 heterocycles. The van der Waals surface area contributed by atoms with Crippen molar-refractivity contribution in [2.75, 3.05) is 6.61 Å². The summed E-state index contributed by atoms with van der Waals surface area (Å²) in [5.41, 5.74) is 8.32. The molecule has 0 aromatic rings. The van der Waals surface area contributed by atoms with Crippen LogP contribution in [0.25, 0.3) is 10.4 Å². The van der Waals surface area contributed by atoms with Gasteiger partial charge in [0.15, 0.2) is 5.79 Å². The fourth-order valence-corrected chi connectivity index (χ4v) is 1.39. The molecule has 0 amide bonds. The SMILES string of the molecule is CCC(N=[N+]=[N-])C1COC(C)(C)O1. The Labute approximate surface area is 77.6 Å². The van der Waals surface area contributed by atoms with Gasteiger partial charge in [-0.3, -0.25) is 0 Å². The van der Waals surface area contributed by atoms with Crippen molar-refractivity contribution in [3.05, 3.63) is 10.4 Å². The first-order valence-electron chi connectivity index (χ1n) is 4.45. The molecule has 0 aromatic carbocycles. The smallest absolute Gasteiger partial charge is 0.163 e. The molecule has 1 rings (SSSR count). The lowest BCUT2D eigenvalue weighted by atomic mass is 10.1. The van der Waals surface area contributed by atoms with Crippen molar-refractivity contribution in [2.45, 2.75) is 45.1 Å². The molecule has 74 valence electrons. The van der Waals surface area contributed by atoms with Gasteiger partial charge in [-0.15, -0.1) is 0 Å². The molecular formula is C8H15N3O2. The largest absolute Gasteiger partial charge is 0.348 e. The van der Waals surface area contributed by atoms with Gasteiger partial charge in [0, 0.05) is 4.91 Å². The van der Waals surface area contributed by atoms with Crippen LogP contribution in [-0.2, 0) is 9.47 Å². The fraction of sp³-hybridized carbons (Fsp3) is 1.00. The van der Waals surface area contributed by atoms with Gasteiger partial charge in [0.2, 0.25) is 0 Å². The minimum absolute atomic E-state index is 0.101. The molecule has 5 heteroatoms. The zero-order valence-corrected chi connectivity index (χ0v) is 8.23. The first-order chi connectivity index (χ1) is 6.09. The number of hydrogen-bond acceptors (Lipinski definition) is 3. The topological polar surface area (TPSA) is 67.2 Å². The van der Waals surface area contributed by atoms with Gasteiger partial charge in [-0.25, -0.2) is 0 Å². The van der Waals surface area contributed by atoms with Crippen molar-refractivity contribution in [3.63, 3.8) is 0 Å². The number of ether oxygens (including phenoxy) is 2. The second-order valence-corrected chi connectivity index (χ2v) is 3.55. The van der Waals surface area contributed by atoms with Crippen LogP contribution in [0.4, 0.5) is 0 Å². The van der Waals surface area contributed by atoms with Crippen LogP contribution in [0.3, 0.4) is 0 Å². The van der Waals surface area contributed by atoms with E-state index in [4.69, 9.17) is 15.0 Å². The highest BCUT2D eigenvalue weighted by molar-refractivity contribution is 4.82. The third-order valence-electron chi connectivity index (χ3n) is 2.08. The minimum Gasteiger partial charge on any atom is -0.348 e. The van der Waals surface area contributed by atoms with Crippen LogP contribution < -0.4 is 0 Å². The Kier molecular flexibility index (Phi) is 3.14. The maximum absolute atomic E-state index is 8.32. The normalized spacial score (nSPS) is 28.1. The summed E-state index contributed by atoms with van der Waals surface area (Å²) >= 11 is 0. The molecule has 0 bridgehead atoms. The van der Waals surface area contributed by atoms with Gasteiger partial charge in [-0.05, 0) is 25.8 Å². The summed E-state index contributed by atoms with van der Waals surface area (Å²) < 4.78 is 10.9. The Balaban J connectivity index is 2.57. The maximum Gasteiger partial charge on any atom is 0.163 e. The number of rotatable bonds is 3. The van der Waals surface area contributed by atoms with E-state index in [-0.39, 0.29) is 12.1 Å². The number of nitrogens with zero attached hydrogens (tertiary/aromatic N) is 3. The van der Waals surface area contributed by atoms with Gasteiger partial charge in [-0.1, -0.05) is 12.0 Å². The third-order valence-corrected chi connectivity index (χ3v) is 2.08. The molecule has 2 atom stereocenters. The summed E-state index contributed by atoms with van der Waals surface area (Å²) in [4.78, 5) is 2.79. The molecule has 1 fully saturated rings. The molecule has 5 nitrogen and oxygen atoms in total. The van der Waals surface area contributed by atoms with E-state index in [9.17, 15) is 0 Å². The molecule has 13 heavy (non-hydrogen) atoms. The molecule has 0 N–H and O–H groups in total. The van der Waals surface area contributed by atoms with Crippen molar-refractivity contribution in [1.82, 2.24) is 0 Å². The van der Waals surface area contributed by atoms with Gasteiger partial charge in [0.25, 0.3) is 0 Å². The Morgan fingerprint density at radius 2 is 2.38 bits per heavy atom. The highest BCUT2D eigenvalue weighted by Crippen LogP contribution is 2.26. The van der Waals surface area contributed by atoms with Gasteiger partial charge < -0.3 is 9.47 Å². The van der Waals surface area contributed by atoms with E-state index in [1.807, 2.05) is 20.8 Å². The predicted molar refractivity (Wildman–Crippen MR) is 48.1 cm³/mol. The second kappa shape index (κ2) is 3.96. The summed E-state index contributed by atoms with van der Waals surface area (Å²) in [6, 6.07) is -0.119. The Morgan fingerprint density at radius 3 is 2.77 bits per heavy atom. The average molecular weight is 185 g/mol. The van der Waals surface area contributed by atoms with Crippen LogP contribution in [0.15, 0.2) is 5.11 Å². The lowest BCUT2D eigenvalue weighted by Crippen LogP contribution is -2.28. The Morgan fingerprint density at radius 1 is 1.69 bits per heavy atom. The van der Waals surface area contributed by atoms with E-state index < -0.39 is 5.79 Å². The summed E-state index contributed by atoms with van der Waals surface area (Å²) in [7, 11) is 0. The lowest BCUT2D eigenvalue weighted by Gasteiger charge is -2.19. The van der Waals surface area contributed by atoms with Gasteiger partial charge in [0.1, 0.15) is 0 Å². The molecule has 2 unspecified atom stereocenters. The van der Waals surface area contributed by atoms with Gasteiger partial charge >= 0.3 is 0 Å². The van der Waals surface area contributed by atoms with E-state index >= 15 is 0 Å². The third kappa shape index (κ3) is 2.59. The van der Waals surface area contributed by atoms with Crippen LogP contribution in [0.5, 0.6) is 0 Å². The van der Waals surface area contributed by atoms with Gasteiger partial charge in [-0.2, -0.15) is 0 Å². The zero-order valence-electron chi connectivity index (χ0n) is 8.23. The Hall–Kier alpha value is -0.770. The van der Waals surface area contributed by atoms with E-state index in [0.717, 1.165) is 6.42 Å². The molecule has 1 aliphatic heterocycles. The standard InChI is InChI=1S/C8H15N3O2/c1-4-6(10-11-9)7-5-12-8(2,3)13-7/h6-7H,4-5H2,1-3H3. The summed E-state index contributed by atoms with van der Waals surface area (Å²) in [5.74, 6) is -0.539. The summed E-state index contributed by atoms with van der Waals surface area (Å²) in [6.45, 7) is 6.18. The van der Waals surface area contributed by atoms with Crippen LogP contribution in [0.2, 0.25) is 0 Å². The first-order valence-corrected chi connectivity index (χ1v) is 4.45. The molecular weight excluding hydrogens is 170 g/mol. The monoisotopic (exact) mass is 185 g/mol. The number of hydrogen-bond donors (Lipinski definition) is 0. The molecule has 1 saturated heterocycles. The van der Waals surface area contributed by atoms with Crippen LogP contribution in [0.1, 0.15) is 27.2 Å². The molecule has 0 radical (unpaired) electrons. The van der Waals surface area contributed by atoms with E-state index in [2.05, 4.69) is 10.0 Å². The number of azide groups is 1. The van der Waals surface area contributed by atoms with Crippen molar-refractivity contribution < 1.29 is 9.47 Å². The lowest BCUT2D eigenvalue weighted by molar-refractivity contribution is -0.140. The van der Waals surface area contributed by atoms with Crippen molar-refractivity contribution >= 4 is 0 Å². The van der Waals surface area contributed by atoms with Crippen molar-refractivity contribution in [2.24, 2.45) is 5.11 Å². The highest BCUT2D eigenvalue weighted by Gasteiger charge is 2.36. The van der Waals surface area contributed by atoms with Gasteiger partial charge in [0.05, 0.1) is 18.8 Å². The van der Waals surface area contributed by atoms with E-state index in [1.165, 1.54) is 0 Å². The maximum atomic E-state index is 8.32. The average Bonchev–Trinajstić information content (AvgIpc) is 2.42. The molecule has 0 aliphatic carbocycles. The Bertz CT molecular complexity index is 223. The predicted octanol–water partition coefficient (Wildman–Crippen LogP) is 2.23. The van der Waals surface area contributed by atoms with Crippen molar-refractivity contribution in [3.8, 4) is 0 Å². The summed E-state index contributed by atoms with van der Waals surface area (Å²) in [6.07, 6.45) is 0.671. The second-order valence-electron chi connectivity index (χ2n) is 3.55. The minimum atomic E-state index is -0.539. The molecule has 0 aromatic heterocycles. The quantitative estimate of drug-likeness (QED) is 0.384. The van der Waals surface area contributed by atoms with Crippen molar-refractivity contribution in [1.29, 1.82) is 0 Å². The highest BCUT2D eigenvalue weighted by atomic mass is 16.7. The summed E-state index contributed by atoms with van der Waals surface area (Å²) in [5, 5.41) is 3.67. The zero-order chi connectivity index (χ0) is 9.90. The van der Waals surface area contributed by atoms with Crippen LogP contribution >= 0.6 is 0 Å². The first kappa shape index (κ1) is 10.3. The van der Waals surface area contributed by atoms with Crippen LogP contribution in [-0.4, -0.2) is 24.5 Å². The molecule has 1 aliphatic rings. The molecule has 0 spiro atoms. The molecule has 0 saturated carbocycles. The van der Waals surface area contributed by atoms with E-state index in [0.29, 0.717) is 6.61 Å². The fourth-order valence-electron chi connectivity index (χ4n) is 1.39.